The Bertz CT molecular complexity index is 552. The summed E-state index contributed by atoms with van der Waals surface area (Å²) >= 11 is 1.59. The molecule has 0 amide bonds. The zero-order valence-corrected chi connectivity index (χ0v) is 12.6. The van der Waals surface area contributed by atoms with Gasteiger partial charge in [-0.05, 0) is 17.5 Å². The molecule has 2 aromatic heterocycles. The molecule has 19 heavy (non-hydrogen) atoms. The Morgan fingerprint density at radius 3 is 2.68 bits per heavy atom. The molecule has 0 aliphatic rings. The molecule has 0 N–H and O–H groups in total. The maximum atomic E-state index is 12.4. The van der Waals surface area contributed by atoms with Gasteiger partial charge in [-0.2, -0.15) is 5.10 Å². The van der Waals surface area contributed by atoms with Crippen molar-refractivity contribution in [1.29, 1.82) is 0 Å². The second-order valence-corrected chi connectivity index (χ2v) is 6.88. The topological polar surface area (TPSA) is 47.8 Å². The third-order valence-electron chi connectivity index (χ3n) is 2.96. The minimum atomic E-state index is -0.0897. The summed E-state index contributed by atoms with van der Waals surface area (Å²) in [5.41, 5.74) is 0.0956. The highest BCUT2D eigenvalue weighted by atomic mass is 32.1. The lowest BCUT2D eigenvalue weighted by atomic mass is 9.95. The van der Waals surface area contributed by atoms with Crippen molar-refractivity contribution in [3.05, 3.63) is 34.5 Å². The average Bonchev–Trinajstić information content (AvgIpc) is 2.97. The van der Waals surface area contributed by atoms with E-state index in [0.717, 1.165) is 4.88 Å². The van der Waals surface area contributed by atoms with Crippen LogP contribution >= 0.6 is 11.3 Å². The molecule has 0 fully saturated rings. The summed E-state index contributed by atoms with van der Waals surface area (Å²) in [4.78, 5) is 18.3. The van der Waals surface area contributed by atoms with E-state index in [0.29, 0.717) is 6.54 Å². The highest BCUT2D eigenvalue weighted by Crippen LogP contribution is 2.30. The standard InChI is InChI=1S/C14H19N3OS/c1-10(7-17-9-15-8-16-17)13(18)11-5-6-12(19-11)14(2,3)4/h5-6,8-10H,7H2,1-4H3. The van der Waals surface area contributed by atoms with Gasteiger partial charge in [-0.3, -0.25) is 9.48 Å². The first kappa shape index (κ1) is 13.9. The van der Waals surface area contributed by atoms with E-state index in [9.17, 15) is 4.79 Å². The van der Waals surface area contributed by atoms with Crippen molar-refractivity contribution in [2.24, 2.45) is 5.92 Å². The molecule has 4 nitrogen and oxygen atoms in total. The van der Waals surface area contributed by atoms with Gasteiger partial charge in [0.15, 0.2) is 5.78 Å². The molecule has 0 bridgehead atoms. The maximum Gasteiger partial charge on any atom is 0.177 e. The van der Waals surface area contributed by atoms with Crippen LogP contribution in [0, 0.1) is 5.92 Å². The van der Waals surface area contributed by atoms with Crippen LogP contribution in [0.5, 0.6) is 0 Å². The van der Waals surface area contributed by atoms with Crippen LogP contribution in [0.4, 0.5) is 0 Å². The molecule has 1 unspecified atom stereocenters. The first-order chi connectivity index (χ1) is 8.88. The fraction of sp³-hybridized carbons (Fsp3) is 0.500. The predicted molar refractivity (Wildman–Crippen MR) is 76.5 cm³/mol. The predicted octanol–water partition coefficient (Wildman–Crippen LogP) is 3.16. The van der Waals surface area contributed by atoms with E-state index >= 15 is 0 Å². The zero-order chi connectivity index (χ0) is 14.0. The highest BCUT2D eigenvalue weighted by molar-refractivity contribution is 7.14. The number of hydrogen-bond acceptors (Lipinski definition) is 4. The smallest absolute Gasteiger partial charge is 0.177 e. The first-order valence-corrected chi connectivity index (χ1v) is 7.16. The first-order valence-electron chi connectivity index (χ1n) is 6.35. The number of nitrogens with zero attached hydrogens (tertiary/aromatic N) is 3. The van der Waals surface area contributed by atoms with Crippen LogP contribution < -0.4 is 0 Å². The van der Waals surface area contributed by atoms with Crippen LogP contribution in [0.2, 0.25) is 0 Å². The number of aromatic nitrogens is 3. The van der Waals surface area contributed by atoms with Crippen molar-refractivity contribution in [2.45, 2.75) is 39.7 Å². The molecule has 0 spiro atoms. The number of rotatable bonds is 4. The van der Waals surface area contributed by atoms with Gasteiger partial charge >= 0.3 is 0 Å². The van der Waals surface area contributed by atoms with Gasteiger partial charge in [0.2, 0.25) is 0 Å². The van der Waals surface area contributed by atoms with Crippen molar-refractivity contribution in [1.82, 2.24) is 14.8 Å². The van der Waals surface area contributed by atoms with E-state index < -0.39 is 0 Å². The molecule has 0 radical (unpaired) electrons. The summed E-state index contributed by atoms with van der Waals surface area (Å²) in [5.74, 6) is 0.0872. The molecular formula is C14H19N3OS. The SMILES string of the molecule is CC(Cn1cncn1)C(=O)c1ccc(C(C)(C)C)s1. The number of carbonyl (C=O) groups is 1. The molecule has 0 saturated heterocycles. The van der Waals surface area contributed by atoms with E-state index in [4.69, 9.17) is 0 Å². The van der Waals surface area contributed by atoms with Crippen LogP contribution in [0.15, 0.2) is 24.8 Å². The fourth-order valence-electron chi connectivity index (χ4n) is 1.81. The lowest BCUT2D eigenvalue weighted by Crippen LogP contribution is -2.17. The minimum absolute atomic E-state index is 0.0897. The van der Waals surface area contributed by atoms with Gasteiger partial charge in [-0.25, -0.2) is 4.98 Å². The van der Waals surface area contributed by atoms with E-state index in [2.05, 4.69) is 36.9 Å². The third kappa shape index (κ3) is 3.29. The van der Waals surface area contributed by atoms with Crippen LogP contribution in [0.25, 0.3) is 0 Å². The quantitative estimate of drug-likeness (QED) is 0.807. The van der Waals surface area contributed by atoms with E-state index in [1.54, 1.807) is 22.3 Å². The number of thiophene rings is 1. The van der Waals surface area contributed by atoms with Crippen molar-refractivity contribution in [3.8, 4) is 0 Å². The summed E-state index contributed by atoms with van der Waals surface area (Å²) in [5, 5.41) is 4.03. The summed E-state index contributed by atoms with van der Waals surface area (Å²) in [7, 11) is 0. The molecule has 0 aliphatic heterocycles. The molecule has 5 heteroatoms. The van der Waals surface area contributed by atoms with Crippen molar-refractivity contribution < 1.29 is 4.79 Å². The van der Waals surface area contributed by atoms with Gasteiger partial charge in [0.25, 0.3) is 0 Å². The van der Waals surface area contributed by atoms with Crippen molar-refractivity contribution in [2.75, 3.05) is 0 Å². The van der Waals surface area contributed by atoms with Gasteiger partial charge in [0.1, 0.15) is 12.7 Å². The van der Waals surface area contributed by atoms with E-state index in [1.807, 2.05) is 13.0 Å². The normalized spacial score (nSPS) is 13.5. The lowest BCUT2D eigenvalue weighted by molar-refractivity contribution is 0.0920. The number of carbonyl (C=O) groups excluding carboxylic acids is 1. The van der Waals surface area contributed by atoms with Crippen LogP contribution in [-0.4, -0.2) is 20.5 Å². The summed E-state index contributed by atoms with van der Waals surface area (Å²) in [6, 6.07) is 3.99. The Morgan fingerprint density at radius 2 is 2.16 bits per heavy atom. The molecule has 1 atom stereocenters. The molecule has 0 saturated carbocycles. The highest BCUT2D eigenvalue weighted by Gasteiger charge is 2.21. The molecular weight excluding hydrogens is 258 g/mol. The zero-order valence-electron chi connectivity index (χ0n) is 11.8. The molecule has 0 aliphatic carbocycles. The van der Waals surface area contributed by atoms with E-state index in [-0.39, 0.29) is 17.1 Å². The van der Waals surface area contributed by atoms with Gasteiger partial charge in [0.05, 0.1) is 11.4 Å². The van der Waals surface area contributed by atoms with Gasteiger partial charge < -0.3 is 0 Å². The Labute approximate surface area is 117 Å². The third-order valence-corrected chi connectivity index (χ3v) is 4.49. The maximum absolute atomic E-state index is 12.4. The minimum Gasteiger partial charge on any atom is -0.293 e. The van der Waals surface area contributed by atoms with E-state index in [1.165, 1.54) is 11.2 Å². The van der Waals surface area contributed by atoms with Gasteiger partial charge in [-0.1, -0.05) is 27.7 Å². The lowest BCUT2D eigenvalue weighted by Gasteiger charge is -2.15. The molecule has 2 heterocycles. The van der Waals surface area contributed by atoms with Crippen molar-refractivity contribution >= 4 is 17.1 Å². The Hall–Kier alpha value is -1.49. The number of Topliss-reactive ketones (excluding diaryl/α,β-unsaturated/α-hetero) is 1. The monoisotopic (exact) mass is 277 g/mol. The fourth-order valence-corrected chi connectivity index (χ4v) is 2.92. The number of hydrogen-bond donors (Lipinski definition) is 0. The van der Waals surface area contributed by atoms with Crippen molar-refractivity contribution in [3.63, 3.8) is 0 Å². The largest absolute Gasteiger partial charge is 0.293 e. The molecule has 102 valence electrons. The van der Waals surface area contributed by atoms with Crippen LogP contribution in [-0.2, 0) is 12.0 Å². The summed E-state index contributed by atoms with van der Waals surface area (Å²) in [6.07, 6.45) is 3.12. The second-order valence-electron chi connectivity index (χ2n) is 5.80. The number of ketones is 1. The van der Waals surface area contributed by atoms with Crippen LogP contribution in [0.1, 0.15) is 42.2 Å². The average molecular weight is 277 g/mol. The Morgan fingerprint density at radius 1 is 1.42 bits per heavy atom. The Balaban J connectivity index is 2.09. The van der Waals surface area contributed by atoms with Gasteiger partial charge in [-0.15, -0.1) is 11.3 Å². The molecule has 0 aromatic carbocycles. The summed E-state index contributed by atoms with van der Waals surface area (Å²) in [6.45, 7) is 8.98. The van der Waals surface area contributed by atoms with Gasteiger partial charge in [0, 0.05) is 10.8 Å². The second kappa shape index (κ2) is 5.25. The summed E-state index contributed by atoms with van der Waals surface area (Å²) < 4.78 is 1.70. The van der Waals surface area contributed by atoms with Crippen LogP contribution in [0.3, 0.4) is 0 Å². The molecule has 2 aromatic rings. The Kier molecular flexibility index (Phi) is 3.85. The molecule has 2 rings (SSSR count).